The van der Waals surface area contributed by atoms with Crippen molar-refractivity contribution in [2.75, 3.05) is 13.1 Å². The molecule has 3 fully saturated rings. The Kier molecular flexibility index (Phi) is 4.77. The Balaban J connectivity index is 1.36. The first kappa shape index (κ1) is 17.9. The van der Waals surface area contributed by atoms with Crippen LogP contribution in [0, 0.1) is 23.6 Å². The fourth-order valence-corrected chi connectivity index (χ4v) is 5.50. The molecule has 2 saturated carbocycles. The average molecular weight is 380 g/mol. The van der Waals surface area contributed by atoms with E-state index in [1.54, 1.807) is 0 Å². The lowest BCUT2D eigenvalue weighted by molar-refractivity contribution is -0.127. The fourth-order valence-electron chi connectivity index (χ4n) is 3.96. The van der Waals surface area contributed by atoms with Crippen LogP contribution in [0.25, 0.3) is 0 Å². The molecule has 0 spiro atoms. The highest BCUT2D eigenvalue weighted by atomic mass is 32.2. The molecule has 1 N–H and O–H groups in total. The molecular weight excluding hydrogens is 355 g/mol. The lowest BCUT2D eigenvalue weighted by Crippen LogP contribution is -2.46. The van der Waals surface area contributed by atoms with E-state index in [1.807, 2.05) is 0 Å². The molecule has 1 amide bonds. The van der Waals surface area contributed by atoms with Crippen LogP contribution in [0.1, 0.15) is 38.5 Å². The molecule has 7 heteroatoms. The van der Waals surface area contributed by atoms with Crippen LogP contribution in [0.3, 0.4) is 0 Å². The monoisotopic (exact) mass is 380 g/mol. The lowest BCUT2D eigenvalue weighted by Gasteiger charge is -2.31. The third-order valence-electron chi connectivity index (χ3n) is 5.85. The van der Waals surface area contributed by atoms with Crippen molar-refractivity contribution < 1.29 is 17.6 Å². The minimum Gasteiger partial charge on any atom is -0.353 e. The number of nitrogens with zero attached hydrogens (tertiary/aromatic N) is 1. The number of piperidine rings is 1. The van der Waals surface area contributed by atoms with E-state index in [0.29, 0.717) is 30.7 Å². The fraction of sp³-hybridized carbons (Fsp3) is 0.632. The van der Waals surface area contributed by atoms with E-state index in [0.717, 1.165) is 6.07 Å². The Morgan fingerprint density at radius 2 is 1.62 bits per heavy atom. The predicted octanol–water partition coefficient (Wildman–Crippen LogP) is 2.53. The molecule has 0 radical (unpaired) electrons. The van der Waals surface area contributed by atoms with Crippen molar-refractivity contribution in [2.24, 2.45) is 17.8 Å². The van der Waals surface area contributed by atoms with Crippen molar-refractivity contribution >= 4 is 15.9 Å². The van der Waals surface area contributed by atoms with Crippen molar-refractivity contribution in [3.8, 4) is 0 Å². The van der Waals surface area contributed by atoms with E-state index < -0.39 is 15.8 Å². The molecule has 4 rings (SSSR count). The number of sulfonamides is 1. The quantitative estimate of drug-likeness (QED) is 0.825. The van der Waals surface area contributed by atoms with Crippen molar-refractivity contribution in [2.45, 2.75) is 49.5 Å². The molecule has 0 aromatic heterocycles. The molecular formula is C19H25FN2O3S. The van der Waals surface area contributed by atoms with Gasteiger partial charge in [0, 0.05) is 25.0 Å². The summed E-state index contributed by atoms with van der Waals surface area (Å²) in [5.41, 5.74) is 0. The van der Waals surface area contributed by atoms with Gasteiger partial charge in [0.05, 0.1) is 0 Å². The van der Waals surface area contributed by atoms with Crippen LogP contribution >= 0.6 is 0 Å². The van der Waals surface area contributed by atoms with Gasteiger partial charge in [-0.05, 0) is 62.5 Å². The van der Waals surface area contributed by atoms with Gasteiger partial charge >= 0.3 is 0 Å². The van der Waals surface area contributed by atoms with Crippen molar-refractivity contribution in [1.29, 1.82) is 0 Å². The summed E-state index contributed by atoms with van der Waals surface area (Å²) in [5, 5.41) is 3.24. The summed E-state index contributed by atoms with van der Waals surface area (Å²) < 4.78 is 40.5. The molecule has 0 bridgehead atoms. The van der Waals surface area contributed by atoms with Crippen LogP contribution in [0.2, 0.25) is 0 Å². The van der Waals surface area contributed by atoms with Crippen LogP contribution in [0.5, 0.6) is 0 Å². The second-order valence-corrected chi connectivity index (χ2v) is 9.72. The Morgan fingerprint density at radius 3 is 2.15 bits per heavy atom. The number of carbonyl (C=O) groups excluding carboxylic acids is 1. The Morgan fingerprint density at radius 1 is 1.04 bits per heavy atom. The molecule has 0 atom stereocenters. The topological polar surface area (TPSA) is 66.5 Å². The number of halogens is 1. The minimum atomic E-state index is -3.85. The minimum absolute atomic E-state index is 0.0664. The number of amides is 1. The summed E-state index contributed by atoms with van der Waals surface area (Å²) in [7, 11) is -3.85. The van der Waals surface area contributed by atoms with Gasteiger partial charge in [-0.25, -0.2) is 12.8 Å². The van der Waals surface area contributed by atoms with Crippen molar-refractivity contribution in [3.63, 3.8) is 0 Å². The Labute approximate surface area is 154 Å². The summed E-state index contributed by atoms with van der Waals surface area (Å²) in [6.07, 6.45) is 5.81. The van der Waals surface area contributed by atoms with Gasteiger partial charge in [0.15, 0.2) is 0 Å². The molecule has 1 heterocycles. The average Bonchev–Trinajstić information content (AvgIpc) is 3.53. The normalized spacial score (nSPS) is 22.5. The van der Waals surface area contributed by atoms with E-state index in [4.69, 9.17) is 0 Å². The van der Waals surface area contributed by atoms with E-state index in [2.05, 4.69) is 5.32 Å². The highest BCUT2D eigenvalue weighted by Crippen LogP contribution is 2.44. The largest absolute Gasteiger partial charge is 0.353 e. The maximum atomic E-state index is 13.9. The van der Waals surface area contributed by atoms with Gasteiger partial charge in [0.2, 0.25) is 15.9 Å². The van der Waals surface area contributed by atoms with Gasteiger partial charge in [-0.15, -0.1) is 0 Å². The molecule has 1 aliphatic heterocycles. The van der Waals surface area contributed by atoms with Gasteiger partial charge in [-0.1, -0.05) is 12.1 Å². The second kappa shape index (κ2) is 6.93. The summed E-state index contributed by atoms with van der Waals surface area (Å²) >= 11 is 0. The zero-order valence-corrected chi connectivity index (χ0v) is 15.6. The molecule has 3 aliphatic rings. The van der Waals surface area contributed by atoms with Crippen LogP contribution in [-0.4, -0.2) is 37.8 Å². The Bertz CT molecular complexity index is 770. The first-order valence-electron chi connectivity index (χ1n) is 9.52. The zero-order chi connectivity index (χ0) is 18.3. The number of hydrogen-bond acceptors (Lipinski definition) is 3. The maximum absolute atomic E-state index is 13.9. The Hall–Kier alpha value is -1.47. The number of carbonyl (C=O) groups is 1. The molecule has 1 aromatic carbocycles. The van der Waals surface area contributed by atoms with E-state index in [9.17, 15) is 17.6 Å². The number of rotatable bonds is 6. The highest BCUT2D eigenvalue weighted by Gasteiger charge is 2.43. The first-order valence-corrected chi connectivity index (χ1v) is 11.0. The number of benzene rings is 1. The van der Waals surface area contributed by atoms with Gasteiger partial charge in [0.1, 0.15) is 10.7 Å². The molecule has 1 saturated heterocycles. The lowest BCUT2D eigenvalue weighted by atomic mass is 9.96. The first-order chi connectivity index (χ1) is 12.5. The van der Waals surface area contributed by atoms with Crippen LogP contribution in [0.15, 0.2) is 29.2 Å². The van der Waals surface area contributed by atoms with Gasteiger partial charge in [0.25, 0.3) is 0 Å². The smallest absolute Gasteiger partial charge is 0.245 e. The summed E-state index contributed by atoms with van der Waals surface area (Å²) in [6.45, 7) is 0.512. The van der Waals surface area contributed by atoms with Gasteiger partial charge in [-0.3, -0.25) is 4.79 Å². The van der Waals surface area contributed by atoms with Crippen LogP contribution in [-0.2, 0) is 14.8 Å². The van der Waals surface area contributed by atoms with E-state index in [1.165, 1.54) is 48.2 Å². The molecule has 142 valence electrons. The zero-order valence-electron chi connectivity index (χ0n) is 14.7. The molecule has 0 unspecified atom stereocenters. The van der Waals surface area contributed by atoms with Crippen LogP contribution < -0.4 is 5.32 Å². The van der Waals surface area contributed by atoms with E-state index >= 15 is 0 Å². The van der Waals surface area contributed by atoms with Gasteiger partial charge in [-0.2, -0.15) is 4.31 Å². The van der Waals surface area contributed by atoms with Crippen molar-refractivity contribution in [1.82, 2.24) is 9.62 Å². The van der Waals surface area contributed by atoms with Crippen molar-refractivity contribution in [3.05, 3.63) is 30.1 Å². The molecule has 5 nitrogen and oxygen atoms in total. The van der Waals surface area contributed by atoms with Crippen LogP contribution in [0.4, 0.5) is 4.39 Å². The predicted molar refractivity (Wildman–Crippen MR) is 95.3 cm³/mol. The maximum Gasteiger partial charge on any atom is 0.245 e. The SMILES string of the molecule is O=C(NC(C1CC1)C1CC1)C1CCN(S(=O)(=O)c2ccccc2F)CC1. The standard InChI is InChI=1S/C19H25FN2O3S/c20-16-3-1-2-4-17(16)26(24,25)22-11-9-15(10-12-22)19(23)21-18(13-5-6-13)14-7-8-14/h1-4,13-15,18H,5-12H2,(H,21,23). The second-order valence-electron chi connectivity index (χ2n) is 7.82. The summed E-state index contributed by atoms with van der Waals surface area (Å²) in [4.78, 5) is 12.3. The third kappa shape index (κ3) is 3.64. The summed E-state index contributed by atoms with van der Waals surface area (Å²) in [6, 6.07) is 5.76. The van der Waals surface area contributed by atoms with Gasteiger partial charge < -0.3 is 5.32 Å². The molecule has 1 aromatic rings. The molecule has 26 heavy (non-hydrogen) atoms. The number of hydrogen-bond donors (Lipinski definition) is 1. The summed E-state index contributed by atoms with van der Waals surface area (Å²) in [5.74, 6) is 0.476. The molecule has 2 aliphatic carbocycles. The third-order valence-corrected chi connectivity index (χ3v) is 7.78. The van der Waals surface area contributed by atoms with E-state index in [-0.39, 0.29) is 29.8 Å². The number of nitrogens with one attached hydrogen (secondary N) is 1. The highest BCUT2D eigenvalue weighted by molar-refractivity contribution is 7.89.